The van der Waals surface area contributed by atoms with E-state index in [1.807, 2.05) is 0 Å². The third-order valence-electron chi connectivity index (χ3n) is 1.98. The van der Waals surface area contributed by atoms with Crippen molar-refractivity contribution in [3.8, 4) is 5.75 Å². The van der Waals surface area contributed by atoms with Gasteiger partial charge in [0.1, 0.15) is 5.75 Å². The van der Waals surface area contributed by atoms with E-state index >= 15 is 0 Å². The smallest absolute Gasteiger partial charge is 0.313 e. The Morgan fingerprint density at radius 1 is 1.27 bits per heavy atom. The maximum Gasteiger partial charge on any atom is 0.313 e. The SMILES string of the molecule is Cc1cc(O)cc(C)c1NC(=O)C(N)=O. The van der Waals surface area contributed by atoms with E-state index in [2.05, 4.69) is 5.32 Å². The molecule has 0 bridgehead atoms. The van der Waals surface area contributed by atoms with Crippen molar-refractivity contribution in [2.75, 3.05) is 5.32 Å². The molecular weight excluding hydrogens is 196 g/mol. The van der Waals surface area contributed by atoms with Gasteiger partial charge in [0, 0.05) is 5.69 Å². The Morgan fingerprint density at radius 3 is 2.13 bits per heavy atom. The highest BCUT2D eigenvalue weighted by molar-refractivity contribution is 6.39. The van der Waals surface area contributed by atoms with Crippen molar-refractivity contribution in [2.24, 2.45) is 5.73 Å². The van der Waals surface area contributed by atoms with Gasteiger partial charge >= 0.3 is 11.8 Å². The number of nitrogens with two attached hydrogens (primary N) is 1. The van der Waals surface area contributed by atoms with Gasteiger partial charge < -0.3 is 16.2 Å². The molecule has 15 heavy (non-hydrogen) atoms. The molecule has 0 aliphatic heterocycles. The van der Waals surface area contributed by atoms with Crippen molar-refractivity contribution in [3.63, 3.8) is 0 Å². The van der Waals surface area contributed by atoms with Crippen molar-refractivity contribution < 1.29 is 14.7 Å². The summed E-state index contributed by atoms with van der Waals surface area (Å²) in [6.07, 6.45) is 0. The lowest BCUT2D eigenvalue weighted by atomic mass is 10.1. The minimum atomic E-state index is -1.04. The van der Waals surface area contributed by atoms with Crippen molar-refractivity contribution in [3.05, 3.63) is 23.3 Å². The maximum absolute atomic E-state index is 11.1. The molecule has 0 fully saturated rings. The molecule has 0 aromatic heterocycles. The first kappa shape index (κ1) is 11.0. The maximum atomic E-state index is 11.1. The summed E-state index contributed by atoms with van der Waals surface area (Å²) in [7, 11) is 0. The molecule has 0 aliphatic carbocycles. The molecule has 1 rings (SSSR count). The van der Waals surface area contributed by atoms with Crippen LogP contribution in [0, 0.1) is 13.8 Å². The fraction of sp³-hybridized carbons (Fsp3) is 0.200. The second-order valence-corrected chi connectivity index (χ2v) is 3.27. The first-order valence-corrected chi connectivity index (χ1v) is 4.33. The molecule has 0 spiro atoms. The van der Waals surface area contributed by atoms with Crippen LogP contribution in [-0.2, 0) is 9.59 Å². The number of hydrogen-bond donors (Lipinski definition) is 3. The lowest BCUT2D eigenvalue weighted by molar-refractivity contribution is -0.134. The van der Waals surface area contributed by atoms with E-state index in [1.165, 1.54) is 12.1 Å². The second kappa shape index (κ2) is 4.00. The summed E-state index contributed by atoms with van der Waals surface area (Å²) in [5.74, 6) is -1.80. The van der Waals surface area contributed by atoms with Crippen LogP contribution >= 0.6 is 0 Å². The van der Waals surface area contributed by atoms with E-state index in [1.54, 1.807) is 13.8 Å². The first-order valence-electron chi connectivity index (χ1n) is 4.33. The number of anilines is 1. The normalized spacial score (nSPS) is 9.73. The zero-order valence-corrected chi connectivity index (χ0v) is 8.50. The van der Waals surface area contributed by atoms with Crippen LogP contribution in [0.1, 0.15) is 11.1 Å². The highest BCUT2D eigenvalue weighted by atomic mass is 16.3. The van der Waals surface area contributed by atoms with Crippen LogP contribution in [0.15, 0.2) is 12.1 Å². The number of rotatable bonds is 1. The van der Waals surface area contributed by atoms with E-state index in [4.69, 9.17) is 5.73 Å². The highest BCUT2D eigenvalue weighted by Gasteiger charge is 2.12. The lowest BCUT2D eigenvalue weighted by Crippen LogP contribution is -2.30. The van der Waals surface area contributed by atoms with Gasteiger partial charge in [-0.25, -0.2) is 0 Å². The molecule has 0 aliphatic rings. The van der Waals surface area contributed by atoms with Crippen molar-refractivity contribution in [2.45, 2.75) is 13.8 Å². The summed E-state index contributed by atoms with van der Waals surface area (Å²) in [4.78, 5) is 21.6. The Morgan fingerprint density at radius 2 is 1.73 bits per heavy atom. The molecule has 0 atom stereocenters. The summed E-state index contributed by atoms with van der Waals surface area (Å²) in [5.41, 5.74) is 6.65. The minimum Gasteiger partial charge on any atom is -0.508 e. The van der Waals surface area contributed by atoms with Crippen molar-refractivity contribution >= 4 is 17.5 Å². The van der Waals surface area contributed by atoms with Gasteiger partial charge in [0.15, 0.2) is 0 Å². The molecule has 0 heterocycles. The predicted molar refractivity (Wildman–Crippen MR) is 55.4 cm³/mol. The molecule has 0 saturated carbocycles. The molecule has 80 valence electrons. The Labute approximate surface area is 86.9 Å². The number of phenols is 1. The van der Waals surface area contributed by atoms with Crippen LogP contribution in [0.4, 0.5) is 5.69 Å². The van der Waals surface area contributed by atoms with Crippen LogP contribution in [0.25, 0.3) is 0 Å². The van der Waals surface area contributed by atoms with Crippen molar-refractivity contribution in [1.82, 2.24) is 0 Å². The second-order valence-electron chi connectivity index (χ2n) is 3.27. The average Bonchev–Trinajstić information content (AvgIpc) is 2.10. The molecule has 2 amide bonds. The summed E-state index contributed by atoms with van der Waals surface area (Å²) >= 11 is 0. The molecular formula is C10H12N2O3. The Balaban J connectivity index is 3.05. The number of primary amides is 1. The zero-order chi connectivity index (χ0) is 11.6. The van der Waals surface area contributed by atoms with Crippen LogP contribution in [0.2, 0.25) is 0 Å². The van der Waals surface area contributed by atoms with E-state index in [0.717, 1.165) is 0 Å². The Kier molecular flexibility index (Phi) is 2.94. The van der Waals surface area contributed by atoms with Gasteiger partial charge in [-0.3, -0.25) is 9.59 Å². The number of phenolic OH excluding ortho intramolecular Hbond substituents is 1. The number of benzene rings is 1. The number of amides is 2. The van der Waals surface area contributed by atoms with Gasteiger partial charge in [-0.1, -0.05) is 0 Å². The van der Waals surface area contributed by atoms with Gasteiger partial charge in [-0.2, -0.15) is 0 Å². The Bertz CT molecular complexity index is 404. The van der Waals surface area contributed by atoms with E-state index in [9.17, 15) is 14.7 Å². The quantitative estimate of drug-likeness (QED) is 0.461. The number of carbonyl (C=O) groups is 2. The van der Waals surface area contributed by atoms with Gasteiger partial charge in [0.2, 0.25) is 0 Å². The monoisotopic (exact) mass is 208 g/mol. The number of nitrogens with one attached hydrogen (secondary N) is 1. The molecule has 1 aromatic rings. The predicted octanol–water partition coefficient (Wildman–Crippen LogP) is 0.433. The molecule has 5 nitrogen and oxygen atoms in total. The number of carbonyl (C=O) groups excluding carboxylic acids is 2. The zero-order valence-electron chi connectivity index (χ0n) is 8.50. The molecule has 0 saturated heterocycles. The third kappa shape index (κ3) is 2.46. The van der Waals surface area contributed by atoms with E-state index in [0.29, 0.717) is 16.8 Å². The van der Waals surface area contributed by atoms with Gasteiger partial charge in [0.05, 0.1) is 0 Å². The largest absolute Gasteiger partial charge is 0.508 e. The molecule has 0 unspecified atom stereocenters. The average molecular weight is 208 g/mol. The highest BCUT2D eigenvalue weighted by Crippen LogP contribution is 2.25. The Hall–Kier alpha value is -2.04. The number of aryl methyl sites for hydroxylation is 2. The first-order chi connectivity index (χ1) is 6.91. The summed E-state index contributed by atoms with van der Waals surface area (Å²) in [6, 6.07) is 2.98. The molecule has 0 radical (unpaired) electrons. The fourth-order valence-corrected chi connectivity index (χ4v) is 1.31. The lowest BCUT2D eigenvalue weighted by Gasteiger charge is -2.10. The van der Waals surface area contributed by atoms with Crippen molar-refractivity contribution in [1.29, 1.82) is 0 Å². The van der Waals surface area contributed by atoms with Gasteiger partial charge in [-0.05, 0) is 37.1 Å². The van der Waals surface area contributed by atoms with Crippen LogP contribution in [0.3, 0.4) is 0 Å². The summed E-state index contributed by atoms with van der Waals surface area (Å²) in [5, 5.41) is 11.6. The fourth-order valence-electron chi connectivity index (χ4n) is 1.31. The third-order valence-corrected chi connectivity index (χ3v) is 1.98. The van der Waals surface area contributed by atoms with Gasteiger partial charge in [0.25, 0.3) is 0 Å². The summed E-state index contributed by atoms with van der Waals surface area (Å²) < 4.78 is 0. The molecule has 4 N–H and O–H groups in total. The number of hydrogen-bond acceptors (Lipinski definition) is 3. The molecule has 5 heteroatoms. The standard InChI is InChI=1S/C10H12N2O3/c1-5-3-7(13)4-6(2)8(5)12-10(15)9(11)14/h3-4,13H,1-2H3,(H2,11,14)(H,12,15). The van der Waals surface area contributed by atoms with Crippen LogP contribution in [-0.4, -0.2) is 16.9 Å². The summed E-state index contributed by atoms with van der Waals surface area (Å²) in [6.45, 7) is 3.42. The topological polar surface area (TPSA) is 92.4 Å². The van der Waals surface area contributed by atoms with Gasteiger partial charge in [-0.15, -0.1) is 0 Å². The minimum absolute atomic E-state index is 0.113. The van der Waals surface area contributed by atoms with E-state index < -0.39 is 11.8 Å². The molecule has 1 aromatic carbocycles. The number of aromatic hydroxyl groups is 1. The van der Waals surface area contributed by atoms with Crippen LogP contribution in [0.5, 0.6) is 5.75 Å². The van der Waals surface area contributed by atoms with E-state index in [-0.39, 0.29) is 5.75 Å². The van der Waals surface area contributed by atoms with Crippen LogP contribution < -0.4 is 11.1 Å².